The molecule has 126 valence electrons. The molecule has 3 N–H and O–H groups in total. The molecule has 1 atom stereocenters. The number of hydrogen-bond acceptors (Lipinski definition) is 3. The summed E-state index contributed by atoms with van der Waals surface area (Å²) in [5, 5.41) is 2.92. The Balaban J connectivity index is 1.59. The second-order valence-electron chi connectivity index (χ2n) is 6.76. The second-order valence-corrected chi connectivity index (χ2v) is 6.76. The number of anilines is 2. The van der Waals surface area contributed by atoms with Gasteiger partial charge >= 0.3 is 0 Å². The Bertz CT molecular complexity index is 696. The van der Waals surface area contributed by atoms with Crippen LogP contribution < -0.4 is 11.1 Å². The van der Waals surface area contributed by atoms with E-state index in [0.717, 1.165) is 18.2 Å². The smallest absolute Gasteiger partial charge is 0.255 e. The highest BCUT2D eigenvalue weighted by Gasteiger charge is 2.16. The fraction of sp³-hybridized carbons (Fsp3) is 0.350. The van der Waals surface area contributed by atoms with E-state index in [1.807, 2.05) is 12.1 Å². The lowest BCUT2D eigenvalue weighted by molar-refractivity contribution is 0.102. The fourth-order valence-electron chi connectivity index (χ4n) is 3.27. The van der Waals surface area contributed by atoms with Gasteiger partial charge in [0, 0.05) is 30.0 Å². The molecule has 0 spiro atoms. The summed E-state index contributed by atoms with van der Waals surface area (Å²) in [4.78, 5) is 14.7. The molecule has 1 aliphatic heterocycles. The Morgan fingerprint density at radius 2 is 2.04 bits per heavy atom. The molecule has 1 saturated heterocycles. The summed E-state index contributed by atoms with van der Waals surface area (Å²) in [6.07, 6.45) is 2.63. The highest BCUT2D eigenvalue weighted by molar-refractivity contribution is 6.04. The first kappa shape index (κ1) is 16.5. The number of benzene rings is 2. The van der Waals surface area contributed by atoms with Crippen molar-refractivity contribution in [1.82, 2.24) is 4.90 Å². The van der Waals surface area contributed by atoms with Gasteiger partial charge in [0.05, 0.1) is 0 Å². The van der Waals surface area contributed by atoms with Gasteiger partial charge in [-0.2, -0.15) is 0 Å². The van der Waals surface area contributed by atoms with Crippen LogP contribution in [0.3, 0.4) is 0 Å². The molecule has 1 unspecified atom stereocenters. The number of nitrogen functional groups attached to an aromatic ring is 1. The topological polar surface area (TPSA) is 58.4 Å². The largest absolute Gasteiger partial charge is 0.399 e. The van der Waals surface area contributed by atoms with E-state index in [0.29, 0.717) is 11.3 Å². The molecule has 4 nitrogen and oxygen atoms in total. The monoisotopic (exact) mass is 323 g/mol. The Labute approximate surface area is 143 Å². The summed E-state index contributed by atoms with van der Waals surface area (Å²) in [6.45, 7) is 5.65. The van der Waals surface area contributed by atoms with Crippen LogP contribution in [0, 0.1) is 5.92 Å². The van der Waals surface area contributed by atoms with Crippen LogP contribution in [0.2, 0.25) is 0 Å². The van der Waals surface area contributed by atoms with Gasteiger partial charge in [0.2, 0.25) is 0 Å². The zero-order chi connectivity index (χ0) is 16.9. The van der Waals surface area contributed by atoms with Gasteiger partial charge in [0.15, 0.2) is 0 Å². The number of hydrogen-bond donors (Lipinski definition) is 2. The molecule has 3 rings (SSSR count). The van der Waals surface area contributed by atoms with Gasteiger partial charge in [-0.3, -0.25) is 9.69 Å². The van der Waals surface area contributed by atoms with Crippen molar-refractivity contribution in [1.29, 1.82) is 0 Å². The van der Waals surface area contributed by atoms with Gasteiger partial charge < -0.3 is 11.1 Å². The lowest BCUT2D eigenvalue weighted by Crippen LogP contribution is -2.33. The predicted molar refractivity (Wildman–Crippen MR) is 98.9 cm³/mol. The minimum Gasteiger partial charge on any atom is -0.399 e. The number of carbonyl (C=O) groups excluding carboxylic acids is 1. The number of carbonyl (C=O) groups is 1. The Morgan fingerprint density at radius 1 is 1.25 bits per heavy atom. The zero-order valence-electron chi connectivity index (χ0n) is 14.2. The van der Waals surface area contributed by atoms with Crippen LogP contribution in [-0.4, -0.2) is 23.9 Å². The highest BCUT2D eigenvalue weighted by atomic mass is 16.1. The van der Waals surface area contributed by atoms with E-state index in [2.05, 4.69) is 29.3 Å². The third kappa shape index (κ3) is 4.36. The molecule has 0 bridgehead atoms. The van der Waals surface area contributed by atoms with Crippen molar-refractivity contribution < 1.29 is 4.79 Å². The number of nitrogens with zero attached hydrogens (tertiary/aromatic N) is 1. The molecule has 1 aliphatic rings. The van der Waals surface area contributed by atoms with Gasteiger partial charge in [0.1, 0.15) is 0 Å². The molecule has 2 aromatic carbocycles. The van der Waals surface area contributed by atoms with Gasteiger partial charge in [-0.15, -0.1) is 0 Å². The van der Waals surface area contributed by atoms with Crippen LogP contribution >= 0.6 is 0 Å². The number of rotatable bonds is 4. The lowest BCUT2D eigenvalue weighted by atomic mass is 10.00. The molecule has 2 aromatic rings. The normalized spacial score (nSPS) is 18.3. The minimum atomic E-state index is -0.139. The van der Waals surface area contributed by atoms with E-state index >= 15 is 0 Å². The molecule has 0 aliphatic carbocycles. The number of nitrogens with one attached hydrogen (secondary N) is 1. The van der Waals surface area contributed by atoms with E-state index in [1.165, 1.54) is 31.5 Å². The summed E-state index contributed by atoms with van der Waals surface area (Å²) < 4.78 is 0. The predicted octanol–water partition coefficient (Wildman–Crippen LogP) is 3.75. The molecule has 0 radical (unpaired) electrons. The number of amides is 1. The van der Waals surface area contributed by atoms with Crippen molar-refractivity contribution in [2.24, 2.45) is 5.92 Å². The SMILES string of the molecule is CC1CCCN(Cc2ccc(NC(=O)c3cccc(N)c3)cc2)C1. The maximum Gasteiger partial charge on any atom is 0.255 e. The summed E-state index contributed by atoms with van der Waals surface area (Å²) >= 11 is 0. The van der Waals surface area contributed by atoms with Crippen molar-refractivity contribution in [2.75, 3.05) is 24.1 Å². The van der Waals surface area contributed by atoms with Crippen LogP contribution in [-0.2, 0) is 6.54 Å². The standard InChI is InChI=1S/C20H25N3O/c1-15-4-3-11-23(13-15)14-16-7-9-19(10-8-16)22-20(24)17-5-2-6-18(21)12-17/h2,5-10,12,15H,3-4,11,13-14,21H2,1H3,(H,22,24). The summed E-state index contributed by atoms with van der Waals surface area (Å²) in [5.41, 5.74) is 8.97. The van der Waals surface area contributed by atoms with E-state index in [-0.39, 0.29) is 5.91 Å². The molecular weight excluding hydrogens is 298 g/mol. The zero-order valence-corrected chi connectivity index (χ0v) is 14.2. The van der Waals surface area contributed by atoms with Crippen molar-refractivity contribution in [3.63, 3.8) is 0 Å². The highest BCUT2D eigenvalue weighted by Crippen LogP contribution is 2.19. The van der Waals surface area contributed by atoms with Crippen LogP contribution in [0.15, 0.2) is 48.5 Å². The summed E-state index contributed by atoms with van der Waals surface area (Å²) in [7, 11) is 0. The Hall–Kier alpha value is -2.33. The number of piperidine rings is 1. The molecule has 1 amide bonds. The fourth-order valence-corrected chi connectivity index (χ4v) is 3.27. The van der Waals surface area contributed by atoms with Gasteiger partial charge in [-0.05, 0) is 61.2 Å². The minimum absolute atomic E-state index is 0.139. The van der Waals surface area contributed by atoms with Crippen LogP contribution in [0.1, 0.15) is 35.7 Å². The Morgan fingerprint density at radius 3 is 2.75 bits per heavy atom. The third-order valence-corrected chi connectivity index (χ3v) is 4.51. The molecular formula is C20H25N3O. The summed E-state index contributed by atoms with van der Waals surface area (Å²) in [5.74, 6) is 0.649. The molecule has 24 heavy (non-hydrogen) atoms. The average molecular weight is 323 g/mol. The summed E-state index contributed by atoms with van der Waals surface area (Å²) in [6, 6.07) is 15.1. The van der Waals surface area contributed by atoms with E-state index in [1.54, 1.807) is 24.3 Å². The maximum absolute atomic E-state index is 12.2. The first-order chi connectivity index (χ1) is 11.6. The van der Waals surface area contributed by atoms with Gasteiger partial charge in [-0.25, -0.2) is 0 Å². The van der Waals surface area contributed by atoms with Gasteiger partial charge in [0.25, 0.3) is 5.91 Å². The van der Waals surface area contributed by atoms with E-state index in [4.69, 9.17) is 5.73 Å². The van der Waals surface area contributed by atoms with Crippen molar-refractivity contribution in [3.8, 4) is 0 Å². The first-order valence-corrected chi connectivity index (χ1v) is 8.58. The van der Waals surface area contributed by atoms with Crippen molar-refractivity contribution in [3.05, 3.63) is 59.7 Å². The number of likely N-dealkylation sites (tertiary alicyclic amines) is 1. The second kappa shape index (κ2) is 7.49. The van der Waals surface area contributed by atoms with E-state index < -0.39 is 0 Å². The maximum atomic E-state index is 12.2. The van der Waals surface area contributed by atoms with Crippen LogP contribution in [0.25, 0.3) is 0 Å². The lowest BCUT2D eigenvalue weighted by Gasteiger charge is -2.30. The molecule has 4 heteroatoms. The molecule has 1 heterocycles. The Kier molecular flexibility index (Phi) is 5.16. The van der Waals surface area contributed by atoms with Crippen molar-refractivity contribution in [2.45, 2.75) is 26.3 Å². The van der Waals surface area contributed by atoms with Crippen LogP contribution in [0.5, 0.6) is 0 Å². The first-order valence-electron chi connectivity index (χ1n) is 8.58. The average Bonchev–Trinajstić information content (AvgIpc) is 2.57. The quantitative estimate of drug-likeness (QED) is 0.843. The molecule has 1 fully saturated rings. The van der Waals surface area contributed by atoms with E-state index in [9.17, 15) is 4.79 Å². The van der Waals surface area contributed by atoms with Gasteiger partial charge in [-0.1, -0.05) is 25.1 Å². The molecule has 0 saturated carbocycles. The third-order valence-electron chi connectivity index (χ3n) is 4.51. The number of nitrogens with two attached hydrogens (primary N) is 1. The molecule has 0 aromatic heterocycles. The van der Waals surface area contributed by atoms with Crippen molar-refractivity contribution >= 4 is 17.3 Å². The van der Waals surface area contributed by atoms with Crippen LogP contribution in [0.4, 0.5) is 11.4 Å².